The number of benzene rings is 2. The molecule has 31 heavy (non-hydrogen) atoms. The Hall–Kier alpha value is -4.06. The van der Waals surface area contributed by atoms with Crippen LogP contribution in [0.2, 0.25) is 0 Å². The highest BCUT2D eigenvalue weighted by Crippen LogP contribution is 2.32. The molecule has 1 aliphatic heterocycles. The molecule has 1 amide bonds. The number of furan rings is 1. The highest BCUT2D eigenvalue weighted by molar-refractivity contribution is 6.08. The quantitative estimate of drug-likeness (QED) is 0.467. The zero-order valence-corrected chi connectivity index (χ0v) is 16.7. The largest absolute Gasteiger partial charge is 0.456 e. The number of carbonyl (C=O) groups is 1. The van der Waals surface area contributed by atoms with Crippen LogP contribution >= 0.6 is 0 Å². The van der Waals surface area contributed by atoms with Crippen LogP contribution in [0, 0.1) is 12.7 Å². The number of hydrogen-bond acceptors (Lipinski definition) is 4. The lowest BCUT2D eigenvalue weighted by Gasteiger charge is -2.08. The molecule has 2 aromatic carbocycles. The Morgan fingerprint density at radius 2 is 1.87 bits per heavy atom. The minimum Gasteiger partial charge on any atom is -0.456 e. The van der Waals surface area contributed by atoms with Crippen LogP contribution in [0.15, 0.2) is 82.3 Å². The number of amides is 1. The van der Waals surface area contributed by atoms with E-state index in [1.807, 2.05) is 36.4 Å². The summed E-state index contributed by atoms with van der Waals surface area (Å²) in [5.41, 5.74) is 4.38. The number of aromatic nitrogens is 1. The molecule has 0 aliphatic carbocycles. The van der Waals surface area contributed by atoms with Crippen LogP contribution in [0.1, 0.15) is 27.4 Å². The van der Waals surface area contributed by atoms with E-state index >= 15 is 0 Å². The first-order valence-corrected chi connectivity index (χ1v) is 9.86. The second-order valence-electron chi connectivity index (χ2n) is 7.37. The molecule has 1 aliphatic rings. The molecule has 4 aromatic rings. The summed E-state index contributed by atoms with van der Waals surface area (Å²) >= 11 is 0. The fourth-order valence-corrected chi connectivity index (χ4v) is 3.60. The second kappa shape index (κ2) is 7.65. The molecule has 152 valence electrons. The summed E-state index contributed by atoms with van der Waals surface area (Å²) in [6.45, 7) is 1.76. The number of rotatable bonds is 4. The molecule has 0 spiro atoms. The number of halogens is 1. The maximum atomic E-state index is 14.6. The van der Waals surface area contributed by atoms with Gasteiger partial charge in [0.15, 0.2) is 11.6 Å². The minimum absolute atomic E-state index is 0.201. The van der Waals surface area contributed by atoms with Gasteiger partial charge in [-0.2, -0.15) is 0 Å². The number of anilines is 1. The van der Waals surface area contributed by atoms with Gasteiger partial charge in [0.05, 0.1) is 5.71 Å². The van der Waals surface area contributed by atoms with E-state index in [2.05, 4.69) is 15.3 Å². The maximum Gasteiger partial charge on any atom is 0.291 e. The number of pyridine rings is 1. The van der Waals surface area contributed by atoms with Gasteiger partial charge >= 0.3 is 0 Å². The first kappa shape index (κ1) is 18.9. The van der Waals surface area contributed by atoms with Gasteiger partial charge in [-0.05, 0) is 48.9 Å². The Morgan fingerprint density at radius 1 is 1.03 bits per heavy atom. The molecule has 6 heteroatoms. The molecular formula is C25H18FN3O2. The molecular weight excluding hydrogens is 393 g/mol. The molecule has 0 saturated heterocycles. The van der Waals surface area contributed by atoms with Gasteiger partial charge in [-0.25, -0.2) is 14.4 Å². The van der Waals surface area contributed by atoms with Crippen molar-refractivity contribution in [1.82, 2.24) is 4.98 Å². The van der Waals surface area contributed by atoms with Crippen molar-refractivity contribution in [1.29, 1.82) is 0 Å². The lowest BCUT2D eigenvalue weighted by atomic mass is 10.0. The van der Waals surface area contributed by atoms with Gasteiger partial charge in [-0.1, -0.05) is 30.3 Å². The van der Waals surface area contributed by atoms with E-state index in [0.29, 0.717) is 35.0 Å². The van der Waals surface area contributed by atoms with Crippen LogP contribution in [0.4, 0.5) is 15.9 Å². The van der Waals surface area contributed by atoms with E-state index < -0.39 is 11.7 Å². The maximum absolute atomic E-state index is 14.6. The molecule has 0 radical (unpaired) electrons. The van der Waals surface area contributed by atoms with Crippen molar-refractivity contribution in [2.75, 3.05) is 5.32 Å². The third-order valence-electron chi connectivity index (χ3n) is 5.15. The van der Waals surface area contributed by atoms with Crippen molar-refractivity contribution in [2.24, 2.45) is 4.99 Å². The molecule has 0 saturated carbocycles. The summed E-state index contributed by atoms with van der Waals surface area (Å²) in [6, 6.07) is 19.7. The van der Waals surface area contributed by atoms with Crippen molar-refractivity contribution in [3.8, 4) is 11.1 Å². The highest BCUT2D eigenvalue weighted by atomic mass is 19.1. The topological polar surface area (TPSA) is 67.5 Å². The van der Waals surface area contributed by atoms with E-state index in [0.717, 1.165) is 16.7 Å². The van der Waals surface area contributed by atoms with Gasteiger partial charge in [0.25, 0.3) is 5.91 Å². The Labute approximate surface area is 178 Å². The smallest absolute Gasteiger partial charge is 0.291 e. The summed E-state index contributed by atoms with van der Waals surface area (Å²) in [6.07, 6.45) is 2.24. The fourth-order valence-electron chi connectivity index (χ4n) is 3.60. The normalized spacial score (nSPS) is 12.4. The number of aliphatic imine (C=N–C) groups is 1. The molecule has 0 atom stereocenters. The van der Waals surface area contributed by atoms with Crippen LogP contribution in [-0.2, 0) is 6.42 Å². The Morgan fingerprint density at radius 3 is 2.65 bits per heavy atom. The highest BCUT2D eigenvalue weighted by Gasteiger charge is 2.21. The average Bonchev–Trinajstić information content (AvgIpc) is 3.41. The van der Waals surface area contributed by atoms with Crippen LogP contribution in [0.5, 0.6) is 0 Å². The zero-order chi connectivity index (χ0) is 21.4. The van der Waals surface area contributed by atoms with E-state index in [1.54, 1.807) is 31.3 Å². The average molecular weight is 411 g/mol. The first-order valence-electron chi connectivity index (χ1n) is 9.86. The second-order valence-corrected chi connectivity index (χ2v) is 7.37. The summed E-state index contributed by atoms with van der Waals surface area (Å²) < 4.78 is 20.0. The van der Waals surface area contributed by atoms with Gasteiger partial charge in [-0.3, -0.25) is 4.79 Å². The summed E-state index contributed by atoms with van der Waals surface area (Å²) in [5.74, 6) is 0.643. The third kappa shape index (κ3) is 3.75. The molecule has 1 N–H and O–H groups in total. The van der Waals surface area contributed by atoms with Crippen molar-refractivity contribution in [3.63, 3.8) is 0 Å². The monoisotopic (exact) mass is 411 g/mol. The predicted octanol–water partition coefficient (Wildman–Crippen LogP) is 5.72. The number of carbonyl (C=O) groups excluding carboxylic acids is 1. The summed E-state index contributed by atoms with van der Waals surface area (Å²) in [4.78, 5) is 21.4. The lowest BCUT2D eigenvalue weighted by molar-refractivity contribution is 0.0995. The van der Waals surface area contributed by atoms with E-state index in [-0.39, 0.29) is 5.76 Å². The van der Waals surface area contributed by atoms with E-state index in [9.17, 15) is 9.18 Å². The molecule has 3 heterocycles. The van der Waals surface area contributed by atoms with Gasteiger partial charge in [0, 0.05) is 35.0 Å². The van der Waals surface area contributed by atoms with Crippen LogP contribution in [-0.4, -0.2) is 16.6 Å². The number of aryl methyl sites for hydroxylation is 1. The number of hydrogen-bond donors (Lipinski definition) is 1. The molecule has 0 unspecified atom stereocenters. The van der Waals surface area contributed by atoms with Crippen molar-refractivity contribution in [2.45, 2.75) is 13.3 Å². The van der Waals surface area contributed by atoms with Crippen LogP contribution in [0.3, 0.4) is 0 Å². The van der Waals surface area contributed by atoms with Gasteiger partial charge in [-0.15, -0.1) is 0 Å². The minimum atomic E-state index is -0.401. The molecule has 0 fully saturated rings. The van der Waals surface area contributed by atoms with E-state index in [4.69, 9.17) is 4.42 Å². The van der Waals surface area contributed by atoms with Gasteiger partial charge in [0.1, 0.15) is 11.6 Å². The number of fused-ring (bicyclic) bond motifs is 1. The Kier molecular flexibility index (Phi) is 4.67. The van der Waals surface area contributed by atoms with Crippen LogP contribution < -0.4 is 5.32 Å². The standard InChI is InChI=1S/C25H18FN3O2/c1-15-7-10-23(31-15)25(30)28-19-8-9-21(26)20(13-19)22-12-17-11-18(14-27-24(17)29-22)16-5-3-2-4-6-16/h2-11,13-14H,12H2,1H3,(H,28,30). The van der Waals surface area contributed by atoms with Crippen molar-refractivity contribution >= 4 is 23.1 Å². The van der Waals surface area contributed by atoms with Crippen molar-refractivity contribution < 1.29 is 13.6 Å². The molecule has 2 aromatic heterocycles. The first-order chi connectivity index (χ1) is 15.1. The number of nitrogens with zero attached hydrogens (tertiary/aromatic N) is 2. The lowest BCUT2D eigenvalue weighted by Crippen LogP contribution is -2.12. The SMILES string of the molecule is Cc1ccc(C(=O)Nc2ccc(F)c(C3=Nc4ncc(-c5ccccc5)cc4C3)c2)o1. The molecule has 0 bridgehead atoms. The third-order valence-corrected chi connectivity index (χ3v) is 5.15. The predicted molar refractivity (Wildman–Crippen MR) is 117 cm³/mol. The van der Waals surface area contributed by atoms with Gasteiger partial charge in [0.2, 0.25) is 0 Å². The van der Waals surface area contributed by atoms with Gasteiger partial charge < -0.3 is 9.73 Å². The Balaban J connectivity index is 1.40. The molecule has 5 rings (SSSR count). The molecule has 5 nitrogen and oxygen atoms in total. The summed E-state index contributed by atoms with van der Waals surface area (Å²) in [5, 5.41) is 2.74. The Bertz CT molecular complexity index is 1330. The van der Waals surface area contributed by atoms with Crippen molar-refractivity contribution in [3.05, 3.63) is 101 Å². The van der Waals surface area contributed by atoms with Crippen LogP contribution in [0.25, 0.3) is 11.1 Å². The number of nitrogens with one attached hydrogen (secondary N) is 1. The zero-order valence-electron chi connectivity index (χ0n) is 16.7. The van der Waals surface area contributed by atoms with E-state index in [1.165, 1.54) is 12.1 Å². The fraction of sp³-hybridized carbons (Fsp3) is 0.0800. The summed E-state index contributed by atoms with van der Waals surface area (Å²) in [7, 11) is 0.